The van der Waals surface area contributed by atoms with Gasteiger partial charge in [-0.1, -0.05) is 6.07 Å². The Bertz CT molecular complexity index is 726. The van der Waals surface area contributed by atoms with Gasteiger partial charge >= 0.3 is 0 Å². The number of nitrogens with zero attached hydrogens (tertiary/aromatic N) is 1. The molecule has 0 saturated carbocycles. The normalized spacial score (nSPS) is 10.2. The van der Waals surface area contributed by atoms with E-state index in [4.69, 9.17) is 15.7 Å². The number of rotatable bonds is 2. The van der Waals surface area contributed by atoms with E-state index in [1.54, 1.807) is 13.0 Å². The van der Waals surface area contributed by atoms with Crippen LogP contribution in [0.4, 0.5) is 14.5 Å². The Morgan fingerprint density at radius 1 is 1.35 bits per heavy atom. The van der Waals surface area contributed by atoms with E-state index in [0.717, 1.165) is 6.07 Å². The summed E-state index contributed by atoms with van der Waals surface area (Å²) in [6.07, 6.45) is 0. The standard InChI is InChI=1S/C14H9BrF2N2O/c1-7-10(19)5-9(16)14(12(7)15)20-11-4-2-3-8(6-18)13(11)17/h2-5H,19H2,1H3. The van der Waals surface area contributed by atoms with Gasteiger partial charge in [0, 0.05) is 11.8 Å². The molecule has 6 heteroatoms. The lowest BCUT2D eigenvalue weighted by atomic mass is 10.2. The smallest absolute Gasteiger partial charge is 0.183 e. The lowest BCUT2D eigenvalue weighted by Gasteiger charge is -2.13. The summed E-state index contributed by atoms with van der Waals surface area (Å²) in [6.45, 7) is 1.67. The Morgan fingerprint density at radius 3 is 2.70 bits per heavy atom. The third-order valence-corrected chi connectivity index (χ3v) is 3.71. The van der Waals surface area contributed by atoms with Gasteiger partial charge in [-0.2, -0.15) is 5.26 Å². The molecule has 2 aromatic rings. The lowest BCUT2D eigenvalue weighted by Crippen LogP contribution is -1.99. The van der Waals surface area contributed by atoms with Gasteiger partial charge in [-0.25, -0.2) is 8.78 Å². The number of hydrogen-bond acceptors (Lipinski definition) is 3. The first kappa shape index (κ1) is 14.3. The molecule has 20 heavy (non-hydrogen) atoms. The molecule has 0 fully saturated rings. The molecule has 0 aromatic heterocycles. The summed E-state index contributed by atoms with van der Waals surface area (Å²) in [6, 6.07) is 6.86. The second-order valence-corrected chi connectivity index (χ2v) is 4.84. The van der Waals surface area contributed by atoms with Crippen molar-refractivity contribution in [2.24, 2.45) is 0 Å². The molecule has 3 nitrogen and oxygen atoms in total. The van der Waals surface area contributed by atoms with Crippen LogP contribution in [0.1, 0.15) is 11.1 Å². The van der Waals surface area contributed by atoms with Crippen molar-refractivity contribution < 1.29 is 13.5 Å². The molecule has 2 rings (SSSR count). The first-order chi connectivity index (χ1) is 9.45. The Labute approximate surface area is 122 Å². The van der Waals surface area contributed by atoms with E-state index in [0.29, 0.717) is 10.0 Å². The number of ether oxygens (including phenoxy) is 1. The molecule has 0 aliphatic carbocycles. The largest absolute Gasteiger partial charge is 0.450 e. The number of halogens is 3. The summed E-state index contributed by atoms with van der Waals surface area (Å²) in [5, 5.41) is 8.75. The summed E-state index contributed by atoms with van der Waals surface area (Å²) in [5.41, 5.74) is 6.28. The van der Waals surface area contributed by atoms with Crippen LogP contribution < -0.4 is 10.5 Å². The predicted octanol–water partition coefficient (Wildman–Crippen LogP) is 4.28. The number of anilines is 1. The molecule has 0 radical (unpaired) electrons. The topological polar surface area (TPSA) is 59.0 Å². The molecular formula is C14H9BrF2N2O. The van der Waals surface area contributed by atoms with Gasteiger partial charge in [0.2, 0.25) is 0 Å². The van der Waals surface area contributed by atoms with E-state index in [2.05, 4.69) is 15.9 Å². The zero-order valence-corrected chi connectivity index (χ0v) is 12.0. The van der Waals surface area contributed by atoms with Gasteiger partial charge in [0.25, 0.3) is 0 Å². The second-order valence-electron chi connectivity index (χ2n) is 4.05. The average Bonchev–Trinajstić information content (AvgIpc) is 2.43. The van der Waals surface area contributed by atoms with Crippen molar-refractivity contribution >= 4 is 21.6 Å². The zero-order valence-electron chi connectivity index (χ0n) is 10.4. The van der Waals surface area contributed by atoms with Crippen molar-refractivity contribution in [1.82, 2.24) is 0 Å². The Morgan fingerprint density at radius 2 is 2.05 bits per heavy atom. The van der Waals surface area contributed by atoms with Crippen molar-refractivity contribution in [1.29, 1.82) is 5.26 Å². The fraction of sp³-hybridized carbons (Fsp3) is 0.0714. The van der Waals surface area contributed by atoms with E-state index in [1.165, 1.54) is 18.2 Å². The highest BCUT2D eigenvalue weighted by atomic mass is 79.9. The Balaban J connectivity index is 2.52. The lowest BCUT2D eigenvalue weighted by molar-refractivity contribution is 0.411. The number of benzene rings is 2. The highest BCUT2D eigenvalue weighted by molar-refractivity contribution is 9.10. The highest BCUT2D eigenvalue weighted by Gasteiger charge is 2.17. The summed E-state index contributed by atoms with van der Waals surface area (Å²) in [4.78, 5) is 0. The molecule has 0 atom stereocenters. The van der Waals surface area contributed by atoms with Gasteiger partial charge in [-0.15, -0.1) is 0 Å². The molecule has 2 N–H and O–H groups in total. The molecule has 102 valence electrons. The van der Waals surface area contributed by atoms with Crippen LogP contribution >= 0.6 is 15.9 Å². The minimum Gasteiger partial charge on any atom is -0.450 e. The van der Waals surface area contributed by atoms with Crippen LogP contribution in [0.3, 0.4) is 0 Å². The first-order valence-electron chi connectivity index (χ1n) is 5.56. The molecule has 0 saturated heterocycles. The first-order valence-corrected chi connectivity index (χ1v) is 6.35. The van der Waals surface area contributed by atoms with E-state index in [1.807, 2.05) is 0 Å². The van der Waals surface area contributed by atoms with Crippen LogP contribution in [0.2, 0.25) is 0 Å². The maximum absolute atomic E-state index is 13.9. The van der Waals surface area contributed by atoms with Gasteiger partial charge in [-0.05, 0) is 40.5 Å². The predicted molar refractivity (Wildman–Crippen MR) is 74.4 cm³/mol. The monoisotopic (exact) mass is 338 g/mol. The summed E-state index contributed by atoms with van der Waals surface area (Å²) < 4.78 is 33.3. The molecule has 2 aromatic carbocycles. The van der Waals surface area contributed by atoms with E-state index >= 15 is 0 Å². The van der Waals surface area contributed by atoms with E-state index in [9.17, 15) is 8.78 Å². The maximum Gasteiger partial charge on any atom is 0.183 e. The summed E-state index contributed by atoms with van der Waals surface area (Å²) in [5.74, 6) is -1.96. The van der Waals surface area contributed by atoms with Crippen LogP contribution in [0.25, 0.3) is 0 Å². The van der Waals surface area contributed by atoms with Crippen molar-refractivity contribution in [3.8, 4) is 17.6 Å². The van der Waals surface area contributed by atoms with Crippen molar-refractivity contribution in [2.45, 2.75) is 6.92 Å². The van der Waals surface area contributed by atoms with Gasteiger partial charge in [0.1, 0.15) is 6.07 Å². The maximum atomic E-state index is 13.9. The van der Waals surface area contributed by atoms with Crippen molar-refractivity contribution in [3.05, 3.63) is 51.5 Å². The third kappa shape index (κ3) is 2.45. The zero-order chi connectivity index (χ0) is 14.9. The van der Waals surface area contributed by atoms with Crippen LogP contribution in [0, 0.1) is 29.9 Å². The molecule has 0 amide bonds. The third-order valence-electron chi connectivity index (χ3n) is 2.76. The van der Waals surface area contributed by atoms with Gasteiger partial charge in [0.15, 0.2) is 23.1 Å². The molecule has 0 spiro atoms. The molecule has 0 unspecified atom stereocenters. The minimum atomic E-state index is -0.837. The quantitative estimate of drug-likeness (QED) is 0.831. The Kier molecular flexibility index (Phi) is 3.91. The molecular weight excluding hydrogens is 330 g/mol. The van der Waals surface area contributed by atoms with Crippen molar-refractivity contribution in [2.75, 3.05) is 5.73 Å². The minimum absolute atomic E-state index is 0.175. The van der Waals surface area contributed by atoms with Gasteiger partial charge in [-0.3, -0.25) is 0 Å². The molecule has 0 bridgehead atoms. The van der Waals surface area contributed by atoms with Crippen LogP contribution in [0.5, 0.6) is 11.5 Å². The van der Waals surface area contributed by atoms with E-state index < -0.39 is 11.6 Å². The van der Waals surface area contributed by atoms with Crippen molar-refractivity contribution in [3.63, 3.8) is 0 Å². The average molecular weight is 339 g/mol. The SMILES string of the molecule is Cc1c(N)cc(F)c(Oc2cccc(C#N)c2F)c1Br. The summed E-state index contributed by atoms with van der Waals surface area (Å²) in [7, 11) is 0. The van der Waals surface area contributed by atoms with Crippen LogP contribution in [0.15, 0.2) is 28.7 Å². The Hall–Kier alpha value is -2.13. The number of hydrogen-bond donors (Lipinski definition) is 1. The summed E-state index contributed by atoms with van der Waals surface area (Å²) >= 11 is 3.17. The van der Waals surface area contributed by atoms with Gasteiger partial charge < -0.3 is 10.5 Å². The molecule has 0 heterocycles. The number of nitrogen functional groups attached to an aromatic ring is 1. The fourth-order valence-corrected chi connectivity index (χ4v) is 2.09. The fourth-order valence-electron chi connectivity index (χ4n) is 1.59. The number of nitriles is 1. The number of nitrogens with two attached hydrogens (primary N) is 1. The van der Waals surface area contributed by atoms with Crippen LogP contribution in [-0.4, -0.2) is 0 Å². The molecule has 0 aliphatic rings. The molecule has 0 aliphatic heterocycles. The van der Waals surface area contributed by atoms with E-state index in [-0.39, 0.29) is 22.7 Å². The highest BCUT2D eigenvalue weighted by Crippen LogP contribution is 2.38. The van der Waals surface area contributed by atoms with Crippen LogP contribution in [-0.2, 0) is 0 Å². The van der Waals surface area contributed by atoms with Gasteiger partial charge in [0.05, 0.1) is 10.0 Å². The second kappa shape index (κ2) is 5.47.